The number of methoxy groups -OCH3 is 3. The molecule has 0 fully saturated rings. The molecule has 0 saturated heterocycles. The fraction of sp³-hybridized carbons (Fsp3) is 0.375. The van der Waals surface area contributed by atoms with Crippen molar-refractivity contribution in [1.29, 1.82) is 0 Å². The van der Waals surface area contributed by atoms with Gasteiger partial charge in [0.25, 0.3) is 0 Å². The molecule has 3 N–H and O–H groups in total. The van der Waals surface area contributed by atoms with Gasteiger partial charge in [0.2, 0.25) is 23.0 Å². The van der Waals surface area contributed by atoms with Crippen molar-refractivity contribution >= 4 is 17.5 Å². The number of hydrogen-bond donors (Lipinski definition) is 3. The van der Waals surface area contributed by atoms with Crippen molar-refractivity contribution in [2.75, 3.05) is 26.6 Å². The molecule has 0 radical (unpaired) electrons. The Morgan fingerprint density at radius 2 is 1.71 bits per heavy atom. The SMILES string of the molecule is COc1cc2c(c(OC)c1OC)-c1ccc(N[C@@H](C(=O)NCc3ccncc3)C(C)C)c(=O)cc1[C@H](NC(C)=O)CC2. The standard InChI is InChI=1S/C32H38N4O6/c1-18(2)29(32(39)34-17-20-11-13-33-14-12-20)36-25-10-8-22-23(16-26(25)38)24(35-19(3)37)9-7-21-15-27(40-4)30(41-5)31(42-6)28(21)22/h8,10-16,18,24,29H,7,9,17H2,1-6H3,(H,34,39)(H,35,37)(H,36,38)/t24-,29-/m1/s1. The van der Waals surface area contributed by atoms with Crippen LogP contribution in [0.3, 0.4) is 0 Å². The van der Waals surface area contributed by atoms with Crippen LogP contribution in [0.4, 0.5) is 5.69 Å². The zero-order chi connectivity index (χ0) is 30.4. The Bertz CT molecular complexity index is 1510. The number of nitrogens with zero attached hydrogens (tertiary/aromatic N) is 1. The van der Waals surface area contributed by atoms with Crippen molar-refractivity contribution in [2.45, 2.75) is 52.2 Å². The van der Waals surface area contributed by atoms with E-state index in [4.69, 9.17) is 14.2 Å². The molecule has 2 amide bonds. The molecular formula is C32H38N4O6. The lowest BCUT2D eigenvalue weighted by atomic mass is 9.95. The topological polar surface area (TPSA) is 128 Å². The number of carbonyl (C=O) groups excluding carboxylic acids is 2. The maximum atomic E-state index is 13.7. The van der Waals surface area contributed by atoms with E-state index in [1.165, 1.54) is 13.0 Å². The average molecular weight is 575 g/mol. The minimum atomic E-state index is -0.668. The predicted octanol–water partition coefficient (Wildman–Crippen LogP) is 4.01. The summed E-state index contributed by atoms with van der Waals surface area (Å²) in [5, 5.41) is 9.15. The Kier molecular flexibility index (Phi) is 9.67. The third-order valence-electron chi connectivity index (χ3n) is 7.39. The molecule has 10 heteroatoms. The van der Waals surface area contributed by atoms with Gasteiger partial charge in [0.1, 0.15) is 6.04 Å². The van der Waals surface area contributed by atoms with Gasteiger partial charge in [0.05, 0.1) is 33.1 Å². The maximum Gasteiger partial charge on any atom is 0.243 e. The van der Waals surface area contributed by atoms with Gasteiger partial charge in [-0.15, -0.1) is 0 Å². The van der Waals surface area contributed by atoms with E-state index in [9.17, 15) is 14.4 Å². The van der Waals surface area contributed by atoms with Gasteiger partial charge in [-0.25, -0.2) is 0 Å². The number of aromatic nitrogens is 1. The van der Waals surface area contributed by atoms with Crippen LogP contribution >= 0.6 is 0 Å². The molecule has 0 spiro atoms. The Labute approximate surface area is 245 Å². The average Bonchev–Trinajstić information content (AvgIpc) is 3.22. The number of amides is 2. The van der Waals surface area contributed by atoms with Gasteiger partial charge < -0.3 is 30.2 Å². The Morgan fingerprint density at radius 1 is 1.00 bits per heavy atom. The van der Waals surface area contributed by atoms with Gasteiger partial charge in [-0.1, -0.05) is 19.9 Å². The number of carbonyl (C=O) groups is 2. The van der Waals surface area contributed by atoms with Crippen LogP contribution < -0.4 is 35.6 Å². The van der Waals surface area contributed by atoms with Gasteiger partial charge in [0.15, 0.2) is 11.5 Å². The monoisotopic (exact) mass is 574 g/mol. The fourth-order valence-electron chi connectivity index (χ4n) is 5.33. The van der Waals surface area contributed by atoms with E-state index in [0.29, 0.717) is 47.8 Å². The molecule has 3 aromatic rings. The number of anilines is 1. The van der Waals surface area contributed by atoms with Crippen LogP contribution in [0, 0.1) is 5.92 Å². The minimum absolute atomic E-state index is 0.116. The van der Waals surface area contributed by atoms with E-state index in [1.807, 2.05) is 38.1 Å². The summed E-state index contributed by atoms with van der Waals surface area (Å²) in [6.45, 7) is 5.63. The molecule has 1 aromatic heterocycles. The molecule has 1 aliphatic carbocycles. The zero-order valence-corrected chi connectivity index (χ0v) is 24.9. The van der Waals surface area contributed by atoms with Crippen molar-refractivity contribution in [1.82, 2.24) is 15.6 Å². The second-order valence-electron chi connectivity index (χ2n) is 10.5. The molecule has 42 heavy (non-hydrogen) atoms. The molecule has 0 saturated carbocycles. The van der Waals surface area contributed by atoms with Crippen LogP contribution in [0.2, 0.25) is 0 Å². The van der Waals surface area contributed by atoms with Crippen LogP contribution in [-0.2, 0) is 22.6 Å². The molecule has 10 nitrogen and oxygen atoms in total. The highest BCUT2D eigenvalue weighted by Gasteiger charge is 2.30. The molecule has 1 heterocycles. The normalized spacial score (nSPS) is 14.5. The molecule has 0 aliphatic heterocycles. The van der Waals surface area contributed by atoms with Gasteiger partial charge in [0, 0.05) is 31.4 Å². The number of fused-ring (bicyclic) bond motifs is 3. The van der Waals surface area contributed by atoms with Crippen LogP contribution in [0.25, 0.3) is 11.1 Å². The Morgan fingerprint density at radius 3 is 2.33 bits per heavy atom. The lowest BCUT2D eigenvalue weighted by molar-refractivity contribution is -0.123. The van der Waals surface area contributed by atoms with E-state index in [1.54, 1.807) is 39.8 Å². The van der Waals surface area contributed by atoms with Crippen molar-refractivity contribution in [2.24, 2.45) is 5.92 Å². The van der Waals surface area contributed by atoms with Gasteiger partial charge >= 0.3 is 0 Å². The van der Waals surface area contributed by atoms with E-state index in [0.717, 1.165) is 16.7 Å². The van der Waals surface area contributed by atoms with Crippen LogP contribution in [-0.4, -0.2) is 44.2 Å². The number of nitrogens with one attached hydrogen (secondary N) is 3. The Hall–Kier alpha value is -4.60. The van der Waals surface area contributed by atoms with Crippen molar-refractivity contribution in [3.8, 4) is 28.4 Å². The molecule has 0 unspecified atom stereocenters. The summed E-state index contributed by atoms with van der Waals surface area (Å²) in [6, 6.07) is 9.53. The van der Waals surface area contributed by atoms with Crippen molar-refractivity contribution in [3.63, 3.8) is 0 Å². The third-order valence-corrected chi connectivity index (χ3v) is 7.39. The first-order valence-electron chi connectivity index (χ1n) is 13.9. The highest BCUT2D eigenvalue weighted by atomic mass is 16.5. The highest BCUT2D eigenvalue weighted by molar-refractivity contribution is 5.86. The van der Waals surface area contributed by atoms with E-state index >= 15 is 0 Å². The molecule has 1 aliphatic rings. The number of benzene rings is 1. The van der Waals surface area contributed by atoms with Gasteiger partial charge in [-0.05, 0) is 71.3 Å². The summed E-state index contributed by atoms with van der Waals surface area (Å²) in [5.74, 6) is 0.879. The first kappa shape index (κ1) is 30.4. The zero-order valence-electron chi connectivity index (χ0n) is 24.9. The first-order chi connectivity index (χ1) is 20.2. The summed E-state index contributed by atoms with van der Waals surface area (Å²) in [5.41, 5.74) is 3.94. The number of pyridine rings is 1. The molecule has 2 aromatic carbocycles. The smallest absolute Gasteiger partial charge is 0.243 e. The second-order valence-corrected chi connectivity index (χ2v) is 10.5. The molecular weight excluding hydrogens is 536 g/mol. The molecule has 4 rings (SSSR count). The van der Waals surface area contributed by atoms with E-state index in [-0.39, 0.29) is 28.8 Å². The number of aryl methyl sites for hydroxylation is 1. The fourth-order valence-corrected chi connectivity index (χ4v) is 5.33. The first-order valence-corrected chi connectivity index (χ1v) is 13.9. The Balaban J connectivity index is 1.81. The van der Waals surface area contributed by atoms with Crippen molar-refractivity contribution < 1.29 is 23.8 Å². The predicted molar refractivity (Wildman–Crippen MR) is 161 cm³/mol. The lowest BCUT2D eigenvalue weighted by Gasteiger charge is -2.22. The van der Waals surface area contributed by atoms with E-state index < -0.39 is 12.1 Å². The highest BCUT2D eigenvalue weighted by Crippen LogP contribution is 2.50. The number of ether oxygens (including phenoxy) is 3. The van der Waals surface area contributed by atoms with Crippen LogP contribution in [0.15, 0.2) is 53.6 Å². The summed E-state index contributed by atoms with van der Waals surface area (Å²) in [7, 11) is 4.66. The summed E-state index contributed by atoms with van der Waals surface area (Å²) >= 11 is 0. The van der Waals surface area contributed by atoms with E-state index in [2.05, 4.69) is 20.9 Å². The summed E-state index contributed by atoms with van der Waals surface area (Å²) in [4.78, 5) is 43.1. The second kappa shape index (κ2) is 13.4. The summed E-state index contributed by atoms with van der Waals surface area (Å²) < 4.78 is 17.1. The van der Waals surface area contributed by atoms with Gasteiger partial charge in [-0.3, -0.25) is 19.4 Å². The maximum absolute atomic E-state index is 13.7. The molecule has 2 atom stereocenters. The van der Waals surface area contributed by atoms with Crippen LogP contribution in [0.5, 0.6) is 17.2 Å². The van der Waals surface area contributed by atoms with Crippen molar-refractivity contribution in [3.05, 3.63) is 75.7 Å². The molecule has 222 valence electrons. The van der Waals surface area contributed by atoms with Crippen LogP contribution in [0.1, 0.15) is 49.9 Å². The van der Waals surface area contributed by atoms with Gasteiger partial charge in [-0.2, -0.15) is 0 Å². The molecule has 0 bridgehead atoms. The quantitative estimate of drug-likeness (QED) is 0.332. The lowest BCUT2D eigenvalue weighted by Crippen LogP contribution is -2.43. The largest absolute Gasteiger partial charge is 0.493 e. The third kappa shape index (κ3) is 6.48. The minimum Gasteiger partial charge on any atom is -0.493 e. The number of hydrogen-bond acceptors (Lipinski definition) is 8. The summed E-state index contributed by atoms with van der Waals surface area (Å²) in [6.07, 6.45) is 4.49. The number of rotatable bonds is 10.